The molecule has 0 bridgehead atoms. The van der Waals surface area contributed by atoms with E-state index in [0.717, 1.165) is 34.9 Å². The zero-order valence-electron chi connectivity index (χ0n) is 17.3. The number of alkyl halides is 3. The van der Waals surface area contributed by atoms with Crippen LogP contribution in [0.15, 0.2) is 54.6 Å². The van der Waals surface area contributed by atoms with Gasteiger partial charge in [0.15, 0.2) is 5.60 Å². The number of benzene rings is 2. The fourth-order valence-electron chi connectivity index (χ4n) is 4.87. The molecule has 3 aromatic rings. The first-order valence-electron chi connectivity index (χ1n) is 10.3. The maximum absolute atomic E-state index is 14.2. The molecule has 2 atom stereocenters. The van der Waals surface area contributed by atoms with Crippen LogP contribution in [-0.2, 0) is 18.3 Å². The summed E-state index contributed by atoms with van der Waals surface area (Å²) in [5.74, 6) is 0. The van der Waals surface area contributed by atoms with E-state index in [2.05, 4.69) is 4.98 Å². The van der Waals surface area contributed by atoms with Crippen LogP contribution in [-0.4, -0.2) is 21.9 Å². The second-order valence-corrected chi connectivity index (χ2v) is 8.95. The average molecular weight is 413 g/mol. The summed E-state index contributed by atoms with van der Waals surface area (Å²) in [5.41, 5.74) is 0.317. The molecule has 1 heterocycles. The Morgan fingerprint density at radius 3 is 2.60 bits per heavy atom. The minimum Gasteiger partial charge on any atom is -0.380 e. The van der Waals surface area contributed by atoms with Crippen LogP contribution in [0.2, 0.25) is 0 Å². The van der Waals surface area contributed by atoms with Gasteiger partial charge >= 0.3 is 6.18 Å². The van der Waals surface area contributed by atoms with E-state index in [0.29, 0.717) is 11.9 Å². The average Bonchev–Trinajstić information content (AvgIpc) is 2.67. The van der Waals surface area contributed by atoms with Gasteiger partial charge in [-0.3, -0.25) is 4.98 Å². The highest BCUT2D eigenvalue weighted by atomic mass is 19.4. The predicted molar refractivity (Wildman–Crippen MR) is 113 cm³/mol. The summed E-state index contributed by atoms with van der Waals surface area (Å²) >= 11 is 0. The van der Waals surface area contributed by atoms with Crippen molar-refractivity contribution in [1.82, 2.24) is 4.98 Å². The molecule has 0 fully saturated rings. The summed E-state index contributed by atoms with van der Waals surface area (Å²) in [6, 6.07) is 16.6. The SMILES string of the molecule is Cc1ccc2c(c1)C(C)(CC(O)(Cc1ccc3ccccc3n1)C(F)(F)F)CCC2. The highest BCUT2D eigenvalue weighted by molar-refractivity contribution is 5.78. The summed E-state index contributed by atoms with van der Waals surface area (Å²) in [6.07, 6.45) is -3.40. The molecular formula is C25H26F3NO. The lowest BCUT2D eigenvalue weighted by Gasteiger charge is -2.43. The number of rotatable bonds is 4. The lowest BCUT2D eigenvalue weighted by molar-refractivity contribution is -0.267. The molecule has 0 amide bonds. The number of aliphatic hydroxyl groups is 1. The Morgan fingerprint density at radius 1 is 1.07 bits per heavy atom. The quantitative estimate of drug-likeness (QED) is 0.564. The first-order valence-corrected chi connectivity index (χ1v) is 10.3. The van der Waals surface area contributed by atoms with Crippen molar-refractivity contribution in [2.45, 2.75) is 63.1 Å². The molecule has 2 unspecified atom stereocenters. The van der Waals surface area contributed by atoms with E-state index in [1.54, 1.807) is 24.3 Å². The zero-order valence-corrected chi connectivity index (χ0v) is 17.3. The summed E-state index contributed by atoms with van der Waals surface area (Å²) in [7, 11) is 0. The molecule has 1 N–H and O–H groups in total. The van der Waals surface area contributed by atoms with Crippen LogP contribution in [0.4, 0.5) is 13.2 Å². The second kappa shape index (κ2) is 7.38. The van der Waals surface area contributed by atoms with Crippen molar-refractivity contribution >= 4 is 10.9 Å². The fraction of sp³-hybridized carbons (Fsp3) is 0.400. The monoisotopic (exact) mass is 413 g/mol. The molecule has 30 heavy (non-hydrogen) atoms. The number of fused-ring (bicyclic) bond motifs is 2. The molecule has 0 aliphatic heterocycles. The molecule has 2 aromatic carbocycles. The number of aryl methyl sites for hydroxylation is 2. The maximum atomic E-state index is 14.2. The number of hydrogen-bond acceptors (Lipinski definition) is 2. The Hall–Kier alpha value is -2.40. The van der Waals surface area contributed by atoms with Crippen LogP contribution in [0.5, 0.6) is 0 Å². The van der Waals surface area contributed by atoms with Crippen LogP contribution in [0.3, 0.4) is 0 Å². The highest BCUT2D eigenvalue weighted by Crippen LogP contribution is 2.48. The third kappa shape index (κ3) is 3.83. The third-order valence-corrected chi connectivity index (χ3v) is 6.43. The Morgan fingerprint density at radius 2 is 1.83 bits per heavy atom. The molecule has 2 nitrogen and oxygen atoms in total. The molecule has 0 saturated carbocycles. The summed E-state index contributed by atoms with van der Waals surface area (Å²) in [5, 5.41) is 11.9. The van der Waals surface area contributed by atoms with Gasteiger partial charge in [-0.25, -0.2) is 0 Å². The van der Waals surface area contributed by atoms with Crippen molar-refractivity contribution in [3.05, 3.63) is 77.0 Å². The summed E-state index contributed by atoms with van der Waals surface area (Å²) in [4.78, 5) is 4.39. The van der Waals surface area contributed by atoms with Gasteiger partial charge in [0.1, 0.15) is 0 Å². The number of aromatic nitrogens is 1. The molecule has 1 aliphatic carbocycles. The van der Waals surface area contributed by atoms with Crippen LogP contribution in [0.25, 0.3) is 10.9 Å². The molecule has 4 rings (SSSR count). The van der Waals surface area contributed by atoms with Crippen LogP contribution < -0.4 is 0 Å². The van der Waals surface area contributed by atoms with Gasteiger partial charge < -0.3 is 5.11 Å². The lowest BCUT2D eigenvalue weighted by atomic mass is 9.65. The van der Waals surface area contributed by atoms with E-state index in [-0.39, 0.29) is 12.1 Å². The molecule has 5 heteroatoms. The van der Waals surface area contributed by atoms with Gasteiger partial charge in [0, 0.05) is 17.5 Å². The van der Waals surface area contributed by atoms with Gasteiger partial charge in [-0.1, -0.05) is 55.0 Å². The molecular weight excluding hydrogens is 387 g/mol. The normalized spacial score (nSPS) is 21.3. The number of hydrogen-bond donors (Lipinski definition) is 1. The Labute approximate surface area is 174 Å². The number of para-hydroxylation sites is 1. The Balaban J connectivity index is 1.72. The fourth-order valence-corrected chi connectivity index (χ4v) is 4.87. The topological polar surface area (TPSA) is 33.1 Å². The van der Waals surface area contributed by atoms with Crippen LogP contribution in [0, 0.1) is 6.92 Å². The highest BCUT2D eigenvalue weighted by Gasteiger charge is 2.57. The Bertz CT molecular complexity index is 1080. The molecule has 1 aliphatic rings. The minimum absolute atomic E-state index is 0.248. The summed E-state index contributed by atoms with van der Waals surface area (Å²) < 4.78 is 42.6. The molecule has 1 aromatic heterocycles. The number of pyridine rings is 1. The molecule has 0 spiro atoms. The summed E-state index contributed by atoms with van der Waals surface area (Å²) in [6.45, 7) is 3.80. The third-order valence-electron chi connectivity index (χ3n) is 6.43. The van der Waals surface area contributed by atoms with E-state index in [9.17, 15) is 18.3 Å². The van der Waals surface area contributed by atoms with Crippen molar-refractivity contribution < 1.29 is 18.3 Å². The van der Waals surface area contributed by atoms with Crippen LogP contribution in [0.1, 0.15) is 48.6 Å². The smallest absolute Gasteiger partial charge is 0.380 e. The van der Waals surface area contributed by atoms with E-state index in [1.165, 1.54) is 0 Å². The predicted octanol–water partition coefficient (Wildman–Crippen LogP) is 6.06. The number of halogens is 3. The van der Waals surface area contributed by atoms with Gasteiger partial charge in [0.05, 0.1) is 5.52 Å². The maximum Gasteiger partial charge on any atom is 0.417 e. The molecule has 0 saturated heterocycles. The van der Waals surface area contributed by atoms with Gasteiger partial charge in [0.2, 0.25) is 0 Å². The van der Waals surface area contributed by atoms with E-state index < -0.39 is 23.6 Å². The zero-order chi connectivity index (χ0) is 21.6. The first-order chi connectivity index (χ1) is 14.1. The minimum atomic E-state index is -4.76. The van der Waals surface area contributed by atoms with E-state index >= 15 is 0 Å². The van der Waals surface area contributed by atoms with E-state index in [1.807, 2.05) is 44.2 Å². The standard InChI is InChI=1S/C25H26F3NO/c1-17-9-10-18-7-5-13-23(2,21(18)14-17)16-24(30,25(26,27)28)15-20-12-11-19-6-3-4-8-22(19)29-20/h3-4,6,8-12,14,30H,5,7,13,15-16H2,1-2H3. The lowest BCUT2D eigenvalue weighted by Crippen LogP contribution is -2.52. The number of nitrogens with zero attached hydrogens (tertiary/aromatic N) is 1. The van der Waals surface area contributed by atoms with Gasteiger partial charge in [-0.2, -0.15) is 13.2 Å². The molecule has 0 radical (unpaired) electrons. The van der Waals surface area contributed by atoms with Crippen LogP contribution >= 0.6 is 0 Å². The van der Waals surface area contributed by atoms with Gasteiger partial charge in [-0.15, -0.1) is 0 Å². The largest absolute Gasteiger partial charge is 0.417 e. The van der Waals surface area contributed by atoms with Crippen molar-refractivity contribution in [1.29, 1.82) is 0 Å². The van der Waals surface area contributed by atoms with Crippen molar-refractivity contribution in [3.8, 4) is 0 Å². The molecule has 158 valence electrons. The van der Waals surface area contributed by atoms with Gasteiger partial charge in [-0.05, 0) is 61.3 Å². The van der Waals surface area contributed by atoms with E-state index in [4.69, 9.17) is 0 Å². The van der Waals surface area contributed by atoms with Gasteiger partial charge in [0.25, 0.3) is 0 Å². The second-order valence-electron chi connectivity index (χ2n) is 8.95. The van der Waals surface area contributed by atoms with Crippen molar-refractivity contribution in [2.24, 2.45) is 0 Å². The first kappa shape index (κ1) is 20.9. The van der Waals surface area contributed by atoms with Crippen molar-refractivity contribution in [2.75, 3.05) is 0 Å². The Kier molecular flexibility index (Phi) is 5.13. The van der Waals surface area contributed by atoms with Crippen molar-refractivity contribution in [3.63, 3.8) is 0 Å².